The zero-order valence-corrected chi connectivity index (χ0v) is 17.1. The first-order valence-corrected chi connectivity index (χ1v) is 7.59. The molecule has 0 saturated carbocycles. The third-order valence-corrected chi connectivity index (χ3v) is 3.51. The fourth-order valence-electron chi connectivity index (χ4n) is 2.20. The first-order chi connectivity index (χ1) is 10.6. The van der Waals surface area contributed by atoms with E-state index in [1.165, 1.54) is 5.56 Å². The Kier molecular flexibility index (Phi) is 12.1. The van der Waals surface area contributed by atoms with Gasteiger partial charge in [0.25, 0.3) is 0 Å². The molecule has 7 nitrogen and oxygen atoms in total. The molecule has 0 unspecified atom stereocenters. The van der Waals surface area contributed by atoms with Crippen LogP contribution < -0.4 is 10.6 Å². The van der Waals surface area contributed by atoms with Gasteiger partial charge in [-0.1, -0.05) is 0 Å². The van der Waals surface area contributed by atoms with Crippen LogP contribution in [0, 0.1) is 13.8 Å². The van der Waals surface area contributed by atoms with Gasteiger partial charge in [0, 0.05) is 52.2 Å². The maximum atomic E-state index is 5.11. The van der Waals surface area contributed by atoms with Crippen molar-refractivity contribution in [3.63, 3.8) is 0 Å². The molecule has 0 spiro atoms. The van der Waals surface area contributed by atoms with Crippen molar-refractivity contribution in [1.82, 2.24) is 20.4 Å². The van der Waals surface area contributed by atoms with Gasteiger partial charge >= 0.3 is 0 Å². The van der Waals surface area contributed by atoms with E-state index in [0.717, 1.165) is 43.5 Å². The van der Waals surface area contributed by atoms with Crippen LogP contribution in [0.3, 0.4) is 0 Å². The van der Waals surface area contributed by atoms with Crippen LogP contribution in [0.4, 0.5) is 0 Å². The molecule has 1 rings (SSSR count). The highest BCUT2D eigenvalue weighted by atomic mass is 127. The van der Waals surface area contributed by atoms with Gasteiger partial charge in [-0.05, 0) is 20.3 Å². The van der Waals surface area contributed by atoms with Gasteiger partial charge < -0.3 is 20.1 Å². The Labute approximate surface area is 156 Å². The number of nitrogens with zero attached hydrogens (tertiary/aromatic N) is 3. The van der Waals surface area contributed by atoms with Crippen LogP contribution in [-0.2, 0) is 22.6 Å². The maximum Gasteiger partial charge on any atom is 0.191 e. The summed E-state index contributed by atoms with van der Waals surface area (Å²) in [6.45, 7) is 7.83. The predicted molar refractivity (Wildman–Crippen MR) is 104 cm³/mol. The number of aryl methyl sites for hydroxylation is 1. The zero-order chi connectivity index (χ0) is 16.4. The number of guanidine groups is 1. The quantitative estimate of drug-likeness (QED) is 0.264. The van der Waals surface area contributed by atoms with Crippen LogP contribution in [0.15, 0.2) is 4.99 Å². The van der Waals surface area contributed by atoms with E-state index >= 15 is 0 Å². The van der Waals surface area contributed by atoms with Gasteiger partial charge in [0.05, 0.1) is 18.8 Å². The molecule has 0 atom stereocenters. The molecule has 0 aliphatic carbocycles. The number of ether oxygens (including phenoxy) is 2. The first kappa shape index (κ1) is 22.1. The van der Waals surface area contributed by atoms with E-state index in [0.29, 0.717) is 13.2 Å². The molecule has 0 radical (unpaired) electrons. The summed E-state index contributed by atoms with van der Waals surface area (Å²) in [4.78, 5) is 4.22. The Morgan fingerprint density at radius 1 is 1.17 bits per heavy atom. The maximum absolute atomic E-state index is 5.11. The minimum absolute atomic E-state index is 0. The minimum atomic E-state index is 0. The average molecular weight is 439 g/mol. The van der Waals surface area contributed by atoms with Crippen LogP contribution in [0.2, 0.25) is 0 Å². The van der Waals surface area contributed by atoms with E-state index in [1.807, 2.05) is 11.6 Å². The predicted octanol–water partition coefficient (Wildman–Crippen LogP) is 1.47. The number of hydrogen-bond acceptors (Lipinski definition) is 4. The lowest BCUT2D eigenvalue weighted by molar-refractivity contribution is 0.182. The van der Waals surface area contributed by atoms with E-state index < -0.39 is 0 Å². The summed E-state index contributed by atoms with van der Waals surface area (Å²) < 4.78 is 12.1. The van der Waals surface area contributed by atoms with E-state index in [2.05, 4.69) is 27.6 Å². The number of hydrogen-bond donors (Lipinski definition) is 2. The monoisotopic (exact) mass is 439 g/mol. The summed E-state index contributed by atoms with van der Waals surface area (Å²) in [6.07, 6.45) is 0.949. The van der Waals surface area contributed by atoms with E-state index in [-0.39, 0.29) is 24.0 Å². The topological polar surface area (TPSA) is 72.7 Å². The highest BCUT2D eigenvalue weighted by molar-refractivity contribution is 14.0. The zero-order valence-electron chi connectivity index (χ0n) is 14.8. The number of rotatable bonds is 9. The number of methoxy groups -OCH3 is 2. The Balaban J connectivity index is 0.00000484. The minimum Gasteiger partial charge on any atom is -0.385 e. The standard InChI is InChI=1S/C15H29N5O2.HI/c1-12-14(13(2)20(19-12)8-10-22-5)11-18-15(16-3)17-7-6-9-21-4;/h6-11H2,1-5H3,(H2,16,17,18);1H. The second-order valence-electron chi connectivity index (χ2n) is 5.06. The SMILES string of the molecule is CN=C(NCCCOC)NCc1c(C)nn(CCOC)c1C.I. The molecule has 0 fully saturated rings. The van der Waals surface area contributed by atoms with Crippen molar-refractivity contribution >= 4 is 29.9 Å². The number of halogens is 1. The summed E-state index contributed by atoms with van der Waals surface area (Å²) in [5.74, 6) is 0.791. The second kappa shape index (κ2) is 12.5. The lowest BCUT2D eigenvalue weighted by Gasteiger charge is -2.12. The highest BCUT2D eigenvalue weighted by Crippen LogP contribution is 2.12. The van der Waals surface area contributed by atoms with Gasteiger partial charge in [0.1, 0.15) is 0 Å². The van der Waals surface area contributed by atoms with Gasteiger partial charge in [0.2, 0.25) is 0 Å². The second-order valence-corrected chi connectivity index (χ2v) is 5.06. The molecule has 1 aromatic rings. The third-order valence-electron chi connectivity index (χ3n) is 3.51. The molecular weight excluding hydrogens is 409 g/mol. The molecule has 1 aromatic heterocycles. The molecule has 2 N–H and O–H groups in total. The first-order valence-electron chi connectivity index (χ1n) is 7.59. The number of aliphatic imine (C=N–C) groups is 1. The molecule has 8 heteroatoms. The van der Waals surface area contributed by atoms with Crippen LogP contribution in [-0.4, -0.2) is 56.8 Å². The molecule has 0 bridgehead atoms. The van der Waals surface area contributed by atoms with Gasteiger partial charge in [-0.2, -0.15) is 5.10 Å². The third kappa shape index (κ3) is 7.49. The van der Waals surface area contributed by atoms with Crippen molar-refractivity contribution in [2.75, 3.05) is 41.0 Å². The van der Waals surface area contributed by atoms with E-state index in [1.54, 1.807) is 21.3 Å². The lowest BCUT2D eigenvalue weighted by atomic mass is 10.2. The summed E-state index contributed by atoms with van der Waals surface area (Å²) in [5, 5.41) is 11.2. The van der Waals surface area contributed by atoms with Crippen molar-refractivity contribution in [2.24, 2.45) is 4.99 Å². The van der Waals surface area contributed by atoms with E-state index in [4.69, 9.17) is 9.47 Å². The summed E-state index contributed by atoms with van der Waals surface area (Å²) in [5.41, 5.74) is 3.41. The largest absolute Gasteiger partial charge is 0.385 e. The summed E-state index contributed by atoms with van der Waals surface area (Å²) >= 11 is 0. The van der Waals surface area contributed by atoms with Gasteiger partial charge in [-0.15, -0.1) is 24.0 Å². The normalized spacial score (nSPS) is 11.3. The fraction of sp³-hybridized carbons (Fsp3) is 0.733. The molecule has 0 aromatic carbocycles. The lowest BCUT2D eigenvalue weighted by Crippen LogP contribution is -2.37. The van der Waals surface area contributed by atoms with Crippen LogP contribution in [0.5, 0.6) is 0 Å². The van der Waals surface area contributed by atoms with Crippen molar-refractivity contribution in [3.05, 3.63) is 17.0 Å². The van der Waals surface area contributed by atoms with Crippen molar-refractivity contribution < 1.29 is 9.47 Å². The van der Waals surface area contributed by atoms with Crippen molar-refractivity contribution in [2.45, 2.75) is 33.4 Å². The molecular formula is C15H30IN5O2. The van der Waals surface area contributed by atoms with Crippen LogP contribution >= 0.6 is 24.0 Å². The average Bonchev–Trinajstić information content (AvgIpc) is 2.79. The molecule has 0 amide bonds. The molecule has 134 valence electrons. The number of aromatic nitrogens is 2. The van der Waals surface area contributed by atoms with Gasteiger partial charge in [-0.25, -0.2) is 0 Å². The molecule has 0 aliphatic rings. The molecule has 1 heterocycles. The van der Waals surface area contributed by atoms with Crippen LogP contribution in [0.25, 0.3) is 0 Å². The molecule has 23 heavy (non-hydrogen) atoms. The van der Waals surface area contributed by atoms with Gasteiger partial charge in [-0.3, -0.25) is 9.67 Å². The Hall–Kier alpha value is -0.870. The Bertz CT molecular complexity index is 477. The van der Waals surface area contributed by atoms with Gasteiger partial charge in [0.15, 0.2) is 5.96 Å². The van der Waals surface area contributed by atoms with Crippen molar-refractivity contribution in [3.8, 4) is 0 Å². The highest BCUT2D eigenvalue weighted by Gasteiger charge is 2.11. The van der Waals surface area contributed by atoms with Crippen LogP contribution in [0.1, 0.15) is 23.4 Å². The fourth-order valence-corrected chi connectivity index (χ4v) is 2.20. The smallest absolute Gasteiger partial charge is 0.191 e. The van der Waals surface area contributed by atoms with Crippen molar-refractivity contribution in [1.29, 1.82) is 0 Å². The summed E-state index contributed by atoms with van der Waals surface area (Å²) in [6, 6.07) is 0. The summed E-state index contributed by atoms with van der Waals surface area (Å²) in [7, 11) is 5.18. The van der Waals surface area contributed by atoms with E-state index in [9.17, 15) is 0 Å². The Morgan fingerprint density at radius 2 is 1.87 bits per heavy atom. The Morgan fingerprint density at radius 3 is 2.48 bits per heavy atom. The molecule has 0 saturated heterocycles. The molecule has 0 aliphatic heterocycles. The number of nitrogens with one attached hydrogen (secondary N) is 2.